The first kappa shape index (κ1) is 19.5. The van der Waals surface area contributed by atoms with Crippen LogP contribution in [-0.2, 0) is 30.4 Å². The highest BCUT2D eigenvalue weighted by Crippen LogP contribution is 2.48. The van der Waals surface area contributed by atoms with Crippen LogP contribution in [0.3, 0.4) is 0 Å². The molecule has 3 unspecified atom stereocenters. The molecule has 6 heteroatoms. The van der Waals surface area contributed by atoms with Gasteiger partial charge in [0.2, 0.25) is 0 Å². The van der Waals surface area contributed by atoms with Gasteiger partial charge in [-0.15, -0.1) is 0 Å². The van der Waals surface area contributed by atoms with E-state index in [0.29, 0.717) is 19.4 Å². The number of rotatable bonds is 7. The minimum atomic E-state index is -1.47. The standard InChI is InChI=1S/C21H27NO5/c1-3-11-27-19(24)13-21(20(25)26-2)17-10-9-16(12-18(21)23)22(17)14-15-7-5-4-6-8-15/h4-8,16-17H,3,9-14H2,1-2H3. The molecule has 1 aromatic carbocycles. The van der Waals surface area contributed by atoms with Crippen LogP contribution in [0.5, 0.6) is 0 Å². The number of methoxy groups -OCH3 is 1. The molecule has 1 aromatic rings. The molecule has 2 aliphatic rings. The van der Waals surface area contributed by atoms with E-state index in [1.807, 2.05) is 37.3 Å². The summed E-state index contributed by atoms with van der Waals surface area (Å²) in [6.45, 7) is 2.83. The van der Waals surface area contributed by atoms with E-state index in [1.54, 1.807) is 0 Å². The molecule has 3 rings (SSSR count). The molecule has 2 heterocycles. The number of benzene rings is 1. The van der Waals surface area contributed by atoms with E-state index in [2.05, 4.69) is 4.90 Å². The summed E-state index contributed by atoms with van der Waals surface area (Å²) in [6.07, 6.45) is 2.24. The molecule has 0 radical (unpaired) electrons. The molecule has 2 fully saturated rings. The number of ketones is 1. The number of carbonyl (C=O) groups excluding carboxylic acids is 3. The zero-order chi connectivity index (χ0) is 19.4. The van der Waals surface area contributed by atoms with E-state index in [9.17, 15) is 14.4 Å². The molecule has 0 saturated carbocycles. The van der Waals surface area contributed by atoms with Crippen molar-refractivity contribution in [3.05, 3.63) is 35.9 Å². The lowest BCUT2D eigenvalue weighted by atomic mass is 9.70. The van der Waals surface area contributed by atoms with Gasteiger partial charge in [-0.05, 0) is 24.8 Å². The van der Waals surface area contributed by atoms with Crippen LogP contribution >= 0.6 is 0 Å². The van der Waals surface area contributed by atoms with Crippen LogP contribution in [0.15, 0.2) is 30.3 Å². The molecule has 6 nitrogen and oxygen atoms in total. The molecule has 3 atom stereocenters. The van der Waals surface area contributed by atoms with Crippen molar-refractivity contribution >= 4 is 17.7 Å². The van der Waals surface area contributed by atoms with Gasteiger partial charge in [-0.25, -0.2) is 0 Å². The monoisotopic (exact) mass is 373 g/mol. The number of hydrogen-bond acceptors (Lipinski definition) is 6. The summed E-state index contributed by atoms with van der Waals surface area (Å²) in [5.74, 6) is -1.33. The number of carbonyl (C=O) groups is 3. The normalized spacial score (nSPS) is 27.4. The Hall–Kier alpha value is -2.21. The van der Waals surface area contributed by atoms with Crippen LogP contribution in [0.1, 0.15) is 44.6 Å². The fraction of sp³-hybridized carbons (Fsp3) is 0.571. The molecule has 2 bridgehead atoms. The third kappa shape index (κ3) is 3.63. The lowest BCUT2D eigenvalue weighted by Crippen LogP contribution is -2.61. The fourth-order valence-corrected chi connectivity index (χ4v) is 4.52. The van der Waals surface area contributed by atoms with Gasteiger partial charge in [-0.3, -0.25) is 19.3 Å². The van der Waals surface area contributed by atoms with Crippen molar-refractivity contribution in [1.29, 1.82) is 0 Å². The van der Waals surface area contributed by atoms with Gasteiger partial charge in [0, 0.05) is 25.0 Å². The van der Waals surface area contributed by atoms with Crippen LogP contribution in [0.25, 0.3) is 0 Å². The zero-order valence-electron chi connectivity index (χ0n) is 16.0. The Kier molecular flexibility index (Phi) is 5.95. The topological polar surface area (TPSA) is 72.9 Å². The minimum absolute atomic E-state index is 0.104. The fourth-order valence-electron chi connectivity index (χ4n) is 4.52. The van der Waals surface area contributed by atoms with Crippen molar-refractivity contribution in [3.8, 4) is 0 Å². The van der Waals surface area contributed by atoms with E-state index in [-0.39, 0.29) is 37.3 Å². The van der Waals surface area contributed by atoms with Gasteiger partial charge in [-0.2, -0.15) is 0 Å². The molecular weight excluding hydrogens is 346 g/mol. The molecule has 2 saturated heterocycles. The summed E-state index contributed by atoms with van der Waals surface area (Å²) in [5.41, 5.74) is -0.350. The number of hydrogen-bond donors (Lipinski definition) is 0. The molecule has 0 aromatic heterocycles. The molecule has 146 valence electrons. The van der Waals surface area contributed by atoms with Crippen LogP contribution in [-0.4, -0.2) is 48.4 Å². The third-order valence-corrected chi connectivity index (χ3v) is 5.78. The van der Waals surface area contributed by atoms with Crippen LogP contribution in [0.2, 0.25) is 0 Å². The predicted molar refractivity (Wildman–Crippen MR) is 98.7 cm³/mol. The SMILES string of the molecule is CCCOC(=O)CC1(C(=O)OC)C(=O)CC2CCC1N2Cc1ccccc1. The molecule has 0 spiro atoms. The van der Waals surface area contributed by atoms with Gasteiger partial charge in [0.25, 0.3) is 0 Å². The number of ether oxygens (including phenoxy) is 2. The van der Waals surface area contributed by atoms with E-state index in [4.69, 9.17) is 9.47 Å². The highest BCUT2D eigenvalue weighted by Gasteiger charge is 2.62. The molecular formula is C21H27NO5. The first-order valence-electron chi connectivity index (χ1n) is 9.60. The highest BCUT2D eigenvalue weighted by atomic mass is 16.5. The summed E-state index contributed by atoms with van der Waals surface area (Å²) >= 11 is 0. The second kappa shape index (κ2) is 8.21. The molecule has 0 aliphatic carbocycles. The summed E-state index contributed by atoms with van der Waals surface area (Å²) in [4.78, 5) is 40.5. The van der Waals surface area contributed by atoms with Gasteiger partial charge in [0.1, 0.15) is 0 Å². The molecule has 27 heavy (non-hydrogen) atoms. The Morgan fingerprint density at radius 1 is 1.22 bits per heavy atom. The minimum Gasteiger partial charge on any atom is -0.468 e. The van der Waals surface area contributed by atoms with Crippen molar-refractivity contribution < 1.29 is 23.9 Å². The molecule has 0 N–H and O–H groups in total. The first-order chi connectivity index (χ1) is 13.0. The second-order valence-electron chi connectivity index (χ2n) is 7.39. The van der Waals surface area contributed by atoms with E-state index in [0.717, 1.165) is 12.0 Å². The summed E-state index contributed by atoms with van der Waals surface area (Å²) in [7, 11) is 1.28. The Morgan fingerprint density at radius 2 is 1.96 bits per heavy atom. The smallest absolute Gasteiger partial charge is 0.321 e. The Bertz CT molecular complexity index is 704. The number of piperidine rings is 1. The van der Waals surface area contributed by atoms with Gasteiger partial charge < -0.3 is 9.47 Å². The van der Waals surface area contributed by atoms with Gasteiger partial charge in [0.05, 0.1) is 20.1 Å². The maximum Gasteiger partial charge on any atom is 0.321 e. The van der Waals surface area contributed by atoms with Crippen molar-refractivity contribution in [3.63, 3.8) is 0 Å². The van der Waals surface area contributed by atoms with Crippen LogP contribution in [0.4, 0.5) is 0 Å². The number of esters is 2. The van der Waals surface area contributed by atoms with Crippen LogP contribution in [0, 0.1) is 5.41 Å². The number of Topliss-reactive ketones (excluding diaryl/α,β-unsaturated/α-hetero) is 1. The Labute approximate surface area is 159 Å². The summed E-state index contributed by atoms with van der Waals surface area (Å²) in [5, 5.41) is 0. The van der Waals surface area contributed by atoms with E-state index >= 15 is 0 Å². The Morgan fingerprint density at radius 3 is 2.63 bits per heavy atom. The Balaban J connectivity index is 1.91. The van der Waals surface area contributed by atoms with E-state index in [1.165, 1.54) is 7.11 Å². The van der Waals surface area contributed by atoms with Gasteiger partial charge in [0.15, 0.2) is 11.2 Å². The predicted octanol–water partition coefficient (Wildman–Crippen LogP) is 2.50. The number of fused-ring (bicyclic) bond motifs is 2. The largest absolute Gasteiger partial charge is 0.468 e. The van der Waals surface area contributed by atoms with Crippen molar-refractivity contribution in [1.82, 2.24) is 4.90 Å². The first-order valence-corrected chi connectivity index (χ1v) is 9.60. The van der Waals surface area contributed by atoms with Crippen LogP contribution < -0.4 is 0 Å². The van der Waals surface area contributed by atoms with Crippen molar-refractivity contribution in [2.24, 2.45) is 5.41 Å². The van der Waals surface area contributed by atoms with Crippen molar-refractivity contribution in [2.45, 2.75) is 57.7 Å². The highest BCUT2D eigenvalue weighted by molar-refractivity contribution is 6.08. The lowest BCUT2D eigenvalue weighted by Gasteiger charge is -2.45. The molecule has 0 amide bonds. The summed E-state index contributed by atoms with van der Waals surface area (Å²) in [6, 6.07) is 9.73. The quantitative estimate of drug-likeness (QED) is 0.540. The van der Waals surface area contributed by atoms with Gasteiger partial charge in [-0.1, -0.05) is 37.3 Å². The lowest BCUT2D eigenvalue weighted by molar-refractivity contribution is -0.173. The maximum absolute atomic E-state index is 13.0. The van der Waals surface area contributed by atoms with Crippen molar-refractivity contribution in [2.75, 3.05) is 13.7 Å². The third-order valence-electron chi connectivity index (χ3n) is 5.78. The zero-order valence-corrected chi connectivity index (χ0v) is 16.0. The maximum atomic E-state index is 13.0. The average Bonchev–Trinajstić information content (AvgIpc) is 2.99. The second-order valence-corrected chi connectivity index (χ2v) is 7.39. The number of nitrogens with zero attached hydrogens (tertiary/aromatic N) is 1. The summed E-state index contributed by atoms with van der Waals surface area (Å²) < 4.78 is 10.2. The average molecular weight is 373 g/mol. The molecule has 2 aliphatic heterocycles. The van der Waals surface area contributed by atoms with Gasteiger partial charge >= 0.3 is 11.9 Å². The van der Waals surface area contributed by atoms with E-state index < -0.39 is 17.4 Å².